The summed E-state index contributed by atoms with van der Waals surface area (Å²) in [6.07, 6.45) is 0.427. The summed E-state index contributed by atoms with van der Waals surface area (Å²) in [5.74, 6) is -0.696. The van der Waals surface area contributed by atoms with Crippen LogP contribution in [0.15, 0.2) is 24.3 Å². The number of hydrogen-bond donors (Lipinski definition) is 0. The van der Waals surface area contributed by atoms with Crippen LogP contribution in [0.1, 0.15) is 5.56 Å². The zero-order valence-electron chi connectivity index (χ0n) is 7.17. The van der Waals surface area contributed by atoms with Gasteiger partial charge >= 0.3 is 5.25 Å². The number of rotatable bonds is 2. The van der Waals surface area contributed by atoms with E-state index < -0.39 is 26.5 Å². The first-order chi connectivity index (χ1) is 6.25. The van der Waals surface area contributed by atoms with Crippen LogP contribution >= 0.6 is 0 Å². The molecule has 0 spiro atoms. The van der Waals surface area contributed by atoms with Crippen molar-refractivity contribution in [2.24, 2.45) is 0 Å². The van der Waals surface area contributed by atoms with Gasteiger partial charge in [-0.1, -0.05) is 0 Å². The number of benzene rings is 1. The Morgan fingerprint density at radius 1 is 1.14 bits per heavy atom. The molecular weight excluding hydrogens is 217 g/mol. The van der Waals surface area contributed by atoms with Gasteiger partial charge in [0.25, 0.3) is 0 Å². The van der Waals surface area contributed by atoms with Crippen LogP contribution in [0.25, 0.3) is 0 Å². The van der Waals surface area contributed by atoms with Gasteiger partial charge in [0.05, 0.1) is 0 Å². The van der Waals surface area contributed by atoms with Crippen LogP contribution in [0.3, 0.4) is 0 Å². The first-order valence-electron chi connectivity index (χ1n) is 3.58. The third-order valence-electron chi connectivity index (χ3n) is 1.65. The molecule has 0 radical (unpaired) electrons. The largest absolute Gasteiger partial charge is 0.370 e. The molecule has 0 amide bonds. The van der Waals surface area contributed by atoms with Crippen molar-refractivity contribution < 1.29 is 21.6 Å². The molecule has 0 aromatic heterocycles. The molecule has 14 heavy (non-hydrogen) atoms. The second-order valence-electron chi connectivity index (χ2n) is 2.80. The van der Waals surface area contributed by atoms with Crippen LogP contribution in [-0.4, -0.2) is 14.7 Å². The van der Waals surface area contributed by atoms with E-state index in [0.29, 0.717) is 6.26 Å². The Hall–Kier alpha value is -1.04. The Morgan fingerprint density at radius 2 is 1.57 bits per heavy atom. The summed E-state index contributed by atoms with van der Waals surface area (Å²) in [6.45, 7) is 0. The zero-order valence-corrected chi connectivity index (χ0v) is 7.98. The standard InChI is InChI=1S/C8H7F3O2S/c1-14(12,13)8(10,11)6-2-4-7(9)5-3-6/h2-5H,1H3. The smallest absolute Gasteiger partial charge is 0.222 e. The fourth-order valence-corrected chi connectivity index (χ4v) is 1.42. The molecule has 78 valence electrons. The van der Waals surface area contributed by atoms with Crippen LogP contribution in [-0.2, 0) is 15.1 Å². The van der Waals surface area contributed by atoms with E-state index in [4.69, 9.17) is 0 Å². The Labute approximate surface area is 79.3 Å². The van der Waals surface area contributed by atoms with Crippen molar-refractivity contribution in [2.75, 3.05) is 6.26 Å². The molecule has 2 nitrogen and oxygen atoms in total. The molecule has 1 rings (SSSR count). The normalized spacial score (nSPS) is 12.9. The molecule has 0 aliphatic carbocycles. The second-order valence-corrected chi connectivity index (χ2v) is 4.85. The van der Waals surface area contributed by atoms with Crippen LogP contribution in [0.4, 0.5) is 13.2 Å². The van der Waals surface area contributed by atoms with Gasteiger partial charge in [-0.2, -0.15) is 8.78 Å². The lowest BCUT2D eigenvalue weighted by molar-refractivity contribution is 0.0914. The van der Waals surface area contributed by atoms with E-state index in [1.807, 2.05) is 0 Å². The highest BCUT2D eigenvalue weighted by Gasteiger charge is 2.43. The summed E-state index contributed by atoms with van der Waals surface area (Å²) in [5, 5.41) is -3.97. The predicted molar refractivity (Wildman–Crippen MR) is 45.1 cm³/mol. The molecular formula is C8H7F3O2S. The van der Waals surface area contributed by atoms with Gasteiger partial charge in [-0.25, -0.2) is 12.8 Å². The Kier molecular flexibility index (Phi) is 2.58. The van der Waals surface area contributed by atoms with E-state index in [1.165, 1.54) is 0 Å². The molecule has 1 aromatic rings. The fraction of sp³-hybridized carbons (Fsp3) is 0.250. The summed E-state index contributed by atoms with van der Waals surface area (Å²) in [4.78, 5) is 0. The summed E-state index contributed by atoms with van der Waals surface area (Å²) >= 11 is 0. The third kappa shape index (κ3) is 1.89. The molecule has 6 heteroatoms. The third-order valence-corrected chi connectivity index (χ3v) is 2.81. The average Bonchev–Trinajstić information content (AvgIpc) is 2.03. The molecule has 0 saturated heterocycles. The molecule has 0 N–H and O–H groups in total. The van der Waals surface area contributed by atoms with Crippen LogP contribution < -0.4 is 0 Å². The molecule has 0 aliphatic heterocycles. The van der Waals surface area contributed by atoms with Crippen LogP contribution in [0, 0.1) is 5.82 Å². The zero-order chi connectivity index (χ0) is 11.0. The van der Waals surface area contributed by atoms with Crippen molar-refractivity contribution >= 4 is 9.84 Å². The maximum Gasteiger partial charge on any atom is 0.370 e. The Bertz CT molecular complexity index is 422. The lowest BCUT2D eigenvalue weighted by atomic mass is 10.2. The number of halogens is 3. The highest BCUT2D eigenvalue weighted by Crippen LogP contribution is 2.33. The minimum absolute atomic E-state index is 0.427. The SMILES string of the molecule is CS(=O)(=O)C(F)(F)c1ccc(F)cc1. The second kappa shape index (κ2) is 3.27. The van der Waals surface area contributed by atoms with Crippen molar-refractivity contribution in [1.82, 2.24) is 0 Å². The van der Waals surface area contributed by atoms with Gasteiger partial charge in [0, 0.05) is 11.8 Å². The molecule has 0 saturated carbocycles. The quantitative estimate of drug-likeness (QED) is 0.769. The topological polar surface area (TPSA) is 34.1 Å². The van der Waals surface area contributed by atoms with Gasteiger partial charge < -0.3 is 0 Å². The van der Waals surface area contributed by atoms with Crippen molar-refractivity contribution in [3.63, 3.8) is 0 Å². The first-order valence-corrected chi connectivity index (χ1v) is 5.48. The molecule has 0 fully saturated rings. The minimum Gasteiger partial charge on any atom is -0.222 e. The molecule has 0 heterocycles. The maximum absolute atomic E-state index is 13.1. The van der Waals surface area contributed by atoms with Crippen LogP contribution in [0.5, 0.6) is 0 Å². The van der Waals surface area contributed by atoms with E-state index in [-0.39, 0.29) is 0 Å². The average molecular weight is 224 g/mol. The Balaban J connectivity index is 3.24. The van der Waals surface area contributed by atoms with Crippen molar-refractivity contribution in [3.05, 3.63) is 35.6 Å². The number of alkyl halides is 2. The summed E-state index contributed by atoms with van der Waals surface area (Å²) < 4.78 is 59.9. The highest BCUT2D eigenvalue weighted by molar-refractivity contribution is 7.91. The molecule has 0 aliphatic rings. The van der Waals surface area contributed by atoms with Gasteiger partial charge in [0.15, 0.2) is 0 Å². The van der Waals surface area contributed by atoms with E-state index in [9.17, 15) is 21.6 Å². The maximum atomic E-state index is 13.1. The van der Waals surface area contributed by atoms with Crippen molar-refractivity contribution in [2.45, 2.75) is 5.25 Å². The van der Waals surface area contributed by atoms with Crippen LogP contribution in [0.2, 0.25) is 0 Å². The molecule has 1 aromatic carbocycles. The summed E-state index contributed by atoms with van der Waals surface area (Å²) in [7, 11) is -4.52. The van der Waals surface area contributed by atoms with Gasteiger partial charge in [0.1, 0.15) is 5.82 Å². The minimum atomic E-state index is -4.52. The number of sulfone groups is 1. The molecule has 0 bridgehead atoms. The van der Waals surface area contributed by atoms with Gasteiger partial charge in [-0.3, -0.25) is 0 Å². The van der Waals surface area contributed by atoms with E-state index in [2.05, 4.69) is 0 Å². The summed E-state index contributed by atoms with van der Waals surface area (Å²) in [6, 6.07) is 3.07. The Morgan fingerprint density at radius 3 is 1.93 bits per heavy atom. The molecule has 0 unspecified atom stereocenters. The van der Waals surface area contributed by atoms with Gasteiger partial charge in [0.2, 0.25) is 9.84 Å². The van der Waals surface area contributed by atoms with E-state index >= 15 is 0 Å². The van der Waals surface area contributed by atoms with Gasteiger partial charge in [-0.15, -0.1) is 0 Å². The predicted octanol–water partition coefficient (Wildman–Crippen LogP) is 1.92. The number of hydrogen-bond acceptors (Lipinski definition) is 2. The lowest BCUT2D eigenvalue weighted by Gasteiger charge is -2.13. The van der Waals surface area contributed by atoms with Crippen molar-refractivity contribution in [1.29, 1.82) is 0 Å². The fourth-order valence-electron chi connectivity index (χ4n) is 0.858. The molecule has 0 atom stereocenters. The monoisotopic (exact) mass is 224 g/mol. The first kappa shape index (κ1) is 11.0. The highest BCUT2D eigenvalue weighted by atomic mass is 32.2. The van der Waals surface area contributed by atoms with Gasteiger partial charge in [-0.05, 0) is 24.3 Å². The van der Waals surface area contributed by atoms with Crippen molar-refractivity contribution in [3.8, 4) is 0 Å². The van der Waals surface area contributed by atoms with E-state index in [0.717, 1.165) is 24.3 Å². The summed E-state index contributed by atoms with van der Waals surface area (Å²) in [5.41, 5.74) is -0.735. The lowest BCUT2D eigenvalue weighted by Crippen LogP contribution is -2.24. The van der Waals surface area contributed by atoms with E-state index in [1.54, 1.807) is 0 Å².